The lowest BCUT2D eigenvalue weighted by atomic mass is 10.1. The summed E-state index contributed by atoms with van der Waals surface area (Å²) in [6.07, 6.45) is 1.83. The van der Waals surface area contributed by atoms with Gasteiger partial charge in [0.1, 0.15) is 4.83 Å². The minimum atomic E-state index is 0.585. The summed E-state index contributed by atoms with van der Waals surface area (Å²) in [6.45, 7) is 0. The average Bonchev–Trinajstić information content (AvgIpc) is 3.00. The Hall–Kier alpha value is -2.79. The van der Waals surface area contributed by atoms with E-state index in [1.807, 2.05) is 66.9 Å². The highest BCUT2D eigenvalue weighted by atomic mass is 32.1. The molecule has 0 radical (unpaired) electrons. The van der Waals surface area contributed by atoms with Crippen molar-refractivity contribution in [1.82, 2.24) is 14.3 Å². The summed E-state index contributed by atoms with van der Waals surface area (Å²) in [6, 6.07) is 20.0. The third kappa shape index (κ3) is 2.42. The first-order chi connectivity index (χ1) is 10.9. The lowest BCUT2D eigenvalue weighted by Crippen LogP contribution is -1.95. The van der Waals surface area contributed by atoms with Crippen LogP contribution in [0.15, 0.2) is 66.9 Å². The Morgan fingerprint density at radius 1 is 0.864 bits per heavy atom. The molecule has 2 aromatic carbocycles. The maximum atomic E-state index is 4.55. The zero-order chi connectivity index (χ0) is 14.8. The molecule has 0 amide bonds. The molecule has 0 fully saturated rings. The van der Waals surface area contributed by atoms with Crippen molar-refractivity contribution in [3.05, 3.63) is 66.9 Å². The van der Waals surface area contributed by atoms with Gasteiger partial charge in [-0.25, -0.2) is 4.98 Å². The number of para-hydroxylation sites is 1. The minimum Gasteiger partial charge on any atom is -0.324 e. The van der Waals surface area contributed by atoms with Crippen LogP contribution < -0.4 is 5.32 Å². The fraction of sp³-hybridized carbons (Fsp3) is 0. The molecule has 0 bridgehead atoms. The fourth-order valence-corrected chi connectivity index (χ4v) is 3.01. The quantitative estimate of drug-likeness (QED) is 0.605. The molecular weight excluding hydrogens is 292 g/mol. The SMILES string of the molecule is c1ccc(Nc2ncc3c(-c4ccccc4)nsc3n2)cc1. The highest BCUT2D eigenvalue weighted by Gasteiger charge is 2.10. The summed E-state index contributed by atoms with van der Waals surface area (Å²) in [5.41, 5.74) is 2.99. The van der Waals surface area contributed by atoms with E-state index in [2.05, 4.69) is 19.7 Å². The Morgan fingerprint density at radius 2 is 1.59 bits per heavy atom. The number of anilines is 2. The number of nitrogens with one attached hydrogen (secondary N) is 1. The lowest BCUT2D eigenvalue weighted by Gasteiger charge is -2.03. The van der Waals surface area contributed by atoms with E-state index in [9.17, 15) is 0 Å². The summed E-state index contributed by atoms with van der Waals surface area (Å²) >= 11 is 1.39. The van der Waals surface area contributed by atoms with Gasteiger partial charge in [-0.3, -0.25) is 0 Å². The van der Waals surface area contributed by atoms with Crippen LogP contribution in [0.4, 0.5) is 11.6 Å². The van der Waals surface area contributed by atoms with Crippen LogP contribution in [0.1, 0.15) is 0 Å². The summed E-state index contributed by atoms with van der Waals surface area (Å²) in [4.78, 5) is 9.84. The average molecular weight is 304 g/mol. The normalized spacial score (nSPS) is 10.7. The molecule has 4 nitrogen and oxygen atoms in total. The number of rotatable bonds is 3. The van der Waals surface area contributed by atoms with Gasteiger partial charge < -0.3 is 5.32 Å². The number of nitrogens with zero attached hydrogens (tertiary/aromatic N) is 3. The molecule has 0 spiro atoms. The largest absolute Gasteiger partial charge is 0.324 e. The Balaban J connectivity index is 1.71. The smallest absolute Gasteiger partial charge is 0.228 e. The van der Waals surface area contributed by atoms with Crippen molar-refractivity contribution in [2.75, 3.05) is 5.32 Å². The Bertz CT molecular complexity index is 904. The van der Waals surface area contributed by atoms with Crippen molar-refractivity contribution in [1.29, 1.82) is 0 Å². The van der Waals surface area contributed by atoms with E-state index in [1.165, 1.54) is 11.5 Å². The van der Waals surface area contributed by atoms with Crippen molar-refractivity contribution in [3.63, 3.8) is 0 Å². The molecule has 0 aliphatic carbocycles. The topological polar surface area (TPSA) is 50.7 Å². The second-order valence-electron chi connectivity index (χ2n) is 4.80. The number of hydrogen-bond donors (Lipinski definition) is 1. The Kier molecular flexibility index (Phi) is 3.25. The predicted octanol–water partition coefficient (Wildman–Crippen LogP) is 4.50. The van der Waals surface area contributed by atoms with Crippen molar-refractivity contribution >= 4 is 33.4 Å². The van der Waals surface area contributed by atoms with Crippen LogP contribution in [0.2, 0.25) is 0 Å². The third-order valence-electron chi connectivity index (χ3n) is 3.31. The van der Waals surface area contributed by atoms with Crippen LogP contribution in [0.25, 0.3) is 21.5 Å². The molecule has 4 aromatic rings. The molecule has 106 valence electrons. The van der Waals surface area contributed by atoms with E-state index in [-0.39, 0.29) is 0 Å². The highest BCUT2D eigenvalue weighted by molar-refractivity contribution is 7.13. The van der Waals surface area contributed by atoms with Gasteiger partial charge in [-0.1, -0.05) is 48.5 Å². The number of hydrogen-bond acceptors (Lipinski definition) is 5. The molecule has 22 heavy (non-hydrogen) atoms. The molecule has 2 aromatic heterocycles. The summed E-state index contributed by atoms with van der Waals surface area (Å²) in [5, 5.41) is 4.18. The molecule has 0 aliphatic rings. The second-order valence-corrected chi connectivity index (χ2v) is 5.55. The summed E-state index contributed by atoms with van der Waals surface area (Å²) in [7, 11) is 0. The first kappa shape index (κ1) is 12.9. The highest BCUT2D eigenvalue weighted by Crippen LogP contribution is 2.29. The van der Waals surface area contributed by atoms with Gasteiger partial charge in [-0.05, 0) is 23.7 Å². The van der Waals surface area contributed by atoms with Crippen molar-refractivity contribution < 1.29 is 0 Å². The van der Waals surface area contributed by atoms with Gasteiger partial charge in [-0.15, -0.1) is 0 Å². The van der Waals surface area contributed by atoms with Crippen LogP contribution in [-0.2, 0) is 0 Å². The number of benzene rings is 2. The molecule has 5 heteroatoms. The second kappa shape index (κ2) is 5.54. The van der Waals surface area contributed by atoms with Crippen LogP contribution >= 0.6 is 11.5 Å². The van der Waals surface area contributed by atoms with Crippen LogP contribution in [0.5, 0.6) is 0 Å². The molecular formula is C17H12N4S. The summed E-state index contributed by atoms with van der Waals surface area (Å²) in [5.74, 6) is 0.585. The monoisotopic (exact) mass is 304 g/mol. The van der Waals surface area contributed by atoms with Gasteiger partial charge in [0.25, 0.3) is 0 Å². The van der Waals surface area contributed by atoms with E-state index in [0.717, 1.165) is 27.2 Å². The first-order valence-electron chi connectivity index (χ1n) is 6.90. The summed E-state index contributed by atoms with van der Waals surface area (Å²) < 4.78 is 4.53. The molecule has 0 saturated carbocycles. The van der Waals surface area contributed by atoms with Crippen LogP contribution in [0.3, 0.4) is 0 Å². The van der Waals surface area contributed by atoms with Gasteiger partial charge >= 0.3 is 0 Å². The van der Waals surface area contributed by atoms with E-state index >= 15 is 0 Å². The van der Waals surface area contributed by atoms with Crippen molar-refractivity contribution in [2.24, 2.45) is 0 Å². The van der Waals surface area contributed by atoms with E-state index in [1.54, 1.807) is 0 Å². The number of aromatic nitrogens is 3. The standard InChI is InChI=1S/C17H12N4S/c1-3-7-12(8-4-1)15-14-11-18-17(20-16(14)22-21-15)19-13-9-5-2-6-10-13/h1-11H,(H,18,19,20). The number of fused-ring (bicyclic) bond motifs is 1. The Labute approximate surface area is 131 Å². The fourth-order valence-electron chi connectivity index (χ4n) is 2.25. The molecule has 0 saturated heterocycles. The molecule has 1 N–H and O–H groups in total. The van der Waals surface area contributed by atoms with Gasteiger partial charge in [-0.2, -0.15) is 9.36 Å². The lowest BCUT2D eigenvalue weighted by molar-refractivity contribution is 1.22. The van der Waals surface area contributed by atoms with Crippen molar-refractivity contribution in [3.8, 4) is 11.3 Å². The van der Waals surface area contributed by atoms with Crippen molar-refractivity contribution in [2.45, 2.75) is 0 Å². The van der Waals surface area contributed by atoms with Gasteiger partial charge in [0, 0.05) is 17.4 Å². The van der Waals surface area contributed by atoms with Crippen LogP contribution in [-0.4, -0.2) is 14.3 Å². The van der Waals surface area contributed by atoms with Gasteiger partial charge in [0.05, 0.1) is 11.1 Å². The maximum absolute atomic E-state index is 4.55. The van der Waals surface area contributed by atoms with E-state index < -0.39 is 0 Å². The predicted molar refractivity (Wildman–Crippen MR) is 90.4 cm³/mol. The molecule has 2 heterocycles. The van der Waals surface area contributed by atoms with E-state index in [4.69, 9.17) is 0 Å². The molecule has 4 rings (SSSR count). The first-order valence-corrected chi connectivity index (χ1v) is 7.67. The third-order valence-corrected chi connectivity index (χ3v) is 4.07. The zero-order valence-electron chi connectivity index (χ0n) is 11.6. The van der Waals surface area contributed by atoms with Crippen LogP contribution in [0, 0.1) is 0 Å². The molecule has 0 aliphatic heterocycles. The molecule has 0 unspecified atom stereocenters. The minimum absolute atomic E-state index is 0.585. The molecule has 0 atom stereocenters. The van der Waals surface area contributed by atoms with Gasteiger partial charge in [0.15, 0.2) is 0 Å². The maximum Gasteiger partial charge on any atom is 0.228 e. The van der Waals surface area contributed by atoms with Gasteiger partial charge in [0.2, 0.25) is 5.95 Å². The Morgan fingerprint density at radius 3 is 2.36 bits per heavy atom. The zero-order valence-corrected chi connectivity index (χ0v) is 12.4. The van der Waals surface area contributed by atoms with E-state index in [0.29, 0.717) is 5.95 Å².